The molecule has 1 aliphatic rings. The van der Waals surface area contributed by atoms with Crippen LogP contribution in [0.1, 0.15) is 39.0 Å². The molecule has 7 nitrogen and oxygen atoms in total. The second kappa shape index (κ2) is 7.72. The Balaban J connectivity index is 2.52. The van der Waals surface area contributed by atoms with Gasteiger partial charge < -0.3 is 21.1 Å². The van der Waals surface area contributed by atoms with Crippen LogP contribution < -0.4 is 11.1 Å². The molecule has 1 atom stereocenters. The first-order valence-electron chi connectivity index (χ1n) is 7.00. The number of urea groups is 1. The number of nitrogens with zero attached hydrogens (tertiary/aromatic N) is 1. The zero-order valence-electron chi connectivity index (χ0n) is 11.8. The predicted molar refractivity (Wildman–Crippen MR) is 73.0 cm³/mol. The monoisotopic (exact) mass is 285 g/mol. The lowest BCUT2D eigenvalue weighted by Crippen LogP contribution is -2.49. The van der Waals surface area contributed by atoms with Crippen LogP contribution in [0.25, 0.3) is 0 Å². The van der Waals surface area contributed by atoms with Crippen molar-refractivity contribution >= 4 is 17.9 Å². The quantitative estimate of drug-likeness (QED) is 0.573. The third-order valence-electron chi connectivity index (χ3n) is 3.23. The van der Waals surface area contributed by atoms with Gasteiger partial charge in [0.15, 0.2) is 0 Å². The number of carbonyl (C=O) groups excluding carboxylic acids is 2. The predicted octanol–water partition coefficient (Wildman–Crippen LogP) is 0.537. The molecule has 3 amide bonds. The van der Waals surface area contributed by atoms with Crippen molar-refractivity contribution in [1.29, 1.82) is 0 Å². The molecule has 0 unspecified atom stereocenters. The highest BCUT2D eigenvalue weighted by Crippen LogP contribution is 2.29. The van der Waals surface area contributed by atoms with Crippen molar-refractivity contribution in [3.05, 3.63) is 0 Å². The van der Waals surface area contributed by atoms with Gasteiger partial charge in [0.25, 0.3) is 0 Å². The van der Waals surface area contributed by atoms with E-state index in [4.69, 9.17) is 10.8 Å². The minimum absolute atomic E-state index is 0.0137. The van der Waals surface area contributed by atoms with Gasteiger partial charge in [-0.05, 0) is 31.6 Å². The standard InChI is InChI=1S/C13H23N3O4/c1-2-7-16(8-9-3-4-9)13(20)15-10(12(18)19)5-6-11(14)17/h9-10H,2-8H2,1H3,(H2,14,17)(H,15,20)(H,18,19)/t10-/m0/s1. The molecule has 20 heavy (non-hydrogen) atoms. The molecule has 0 aliphatic heterocycles. The molecule has 1 rings (SSSR count). The van der Waals surface area contributed by atoms with Gasteiger partial charge in [-0.3, -0.25) is 4.79 Å². The number of carboxylic acid groups (broad SMARTS) is 1. The molecule has 0 radical (unpaired) electrons. The summed E-state index contributed by atoms with van der Waals surface area (Å²) in [7, 11) is 0. The van der Waals surface area contributed by atoms with E-state index in [0.29, 0.717) is 19.0 Å². The van der Waals surface area contributed by atoms with Crippen LogP contribution in [-0.4, -0.2) is 47.0 Å². The highest BCUT2D eigenvalue weighted by molar-refractivity contribution is 5.83. The Morgan fingerprint density at radius 3 is 2.50 bits per heavy atom. The fourth-order valence-electron chi connectivity index (χ4n) is 1.94. The van der Waals surface area contributed by atoms with E-state index >= 15 is 0 Å². The van der Waals surface area contributed by atoms with Gasteiger partial charge in [-0.1, -0.05) is 6.92 Å². The molecular weight excluding hydrogens is 262 g/mol. The van der Waals surface area contributed by atoms with Gasteiger partial charge in [-0.25, -0.2) is 9.59 Å². The Hall–Kier alpha value is -1.79. The van der Waals surface area contributed by atoms with Gasteiger partial charge in [0.1, 0.15) is 6.04 Å². The van der Waals surface area contributed by atoms with Crippen molar-refractivity contribution in [3.8, 4) is 0 Å². The van der Waals surface area contributed by atoms with E-state index in [-0.39, 0.29) is 18.9 Å². The summed E-state index contributed by atoms with van der Waals surface area (Å²) in [6.07, 6.45) is 3.02. The molecule has 0 aromatic heterocycles. The molecule has 0 bridgehead atoms. The number of primary amides is 1. The summed E-state index contributed by atoms with van der Waals surface area (Å²) in [5.41, 5.74) is 5.00. The number of carbonyl (C=O) groups is 3. The number of nitrogens with one attached hydrogen (secondary N) is 1. The van der Waals surface area contributed by atoms with Gasteiger partial charge in [-0.2, -0.15) is 0 Å². The van der Waals surface area contributed by atoms with Crippen molar-refractivity contribution in [3.63, 3.8) is 0 Å². The number of aliphatic carboxylic acids is 1. The Morgan fingerprint density at radius 1 is 1.40 bits per heavy atom. The number of carboxylic acids is 1. The van der Waals surface area contributed by atoms with E-state index in [1.165, 1.54) is 0 Å². The van der Waals surface area contributed by atoms with Crippen LogP contribution >= 0.6 is 0 Å². The van der Waals surface area contributed by atoms with E-state index in [2.05, 4.69) is 5.32 Å². The molecule has 1 fully saturated rings. The van der Waals surface area contributed by atoms with E-state index in [1.54, 1.807) is 4.90 Å². The molecule has 0 saturated heterocycles. The Labute approximate surface area is 118 Å². The first kappa shape index (κ1) is 16.3. The first-order chi connectivity index (χ1) is 9.43. The Bertz CT molecular complexity index is 369. The van der Waals surface area contributed by atoms with Crippen LogP contribution in [0.2, 0.25) is 0 Å². The number of amides is 3. The summed E-state index contributed by atoms with van der Waals surface area (Å²) < 4.78 is 0. The third-order valence-corrected chi connectivity index (χ3v) is 3.23. The Kier molecular flexibility index (Phi) is 6.27. The summed E-state index contributed by atoms with van der Waals surface area (Å²) in [5.74, 6) is -1.18. The number of hydrogen-bond acceptors (Lipinski definition) is 3. The first-order valence-corrected chi connectivity index (χ1v) is 7.00. The van der Waals surface area contributed by atoms with Crippen molar-refractivity contribution in [1.82, 2.24) is 10.2 Å². The van der Waals surface area contributed by atoms with Crippen LogP contribution in [-0.2, 0) is 9.59 Å². The fraction of sp³-hybridized carbons (Fsp3) is 0.769. The number of nitrogens with two attached hydrogens (primary N) is 1. The van der Waals surface area contributed by atoms with Crippen molar-refractivity contribution in [2.75, 3.05) is 13.1 Å². The molecule has 1 saturated carbocycles. The van der Waals surface area contributed by atoms with Gasteiger partial charge in [-0.15, -0.1) is 0 Å². The molecule has 1 aliphatic carbocycles. The van der Waals surface area contributed by atoms with Crippen LogP contribution in [0, 0.1) is 5.92 Å². The molecule has 4 N–H and O–H groups in total. The highest BCUT2D eigenvalue weighted by Gasteiger charge is 2.28. The van der Waals surface area contributed by atoms with Gasteiger partial charge in [0.05, 0.1) is 0 Å². The van der Waals surface area contributed by atoms with Crippen molar-refractivity contribution in [2.24, 2.45) is 11.7 Å². The lowest BCUT2D eigenvalue weighted by atomic mass is 10.1. The number of rotatable bonds is 9. The summed E-state index contributed by atoms with van der Waals surface area (Å²) in [6.45, 7) is 3.24. The second-order valence-corrected chi connectivity index (χ2v) is 5.23. The summed E-state index contributed by atoms with van der Waals surface area (Å²) in [6, 6.07) is -1.45. The van der Waals surface area contributed by atoms with Gasteiger partial charge >= 0.3 is 12.0 Å². The lowest BCUT2D eigenvalue weighted by molar-refractivity contribution is -0.139. The van der Waals surface area contributed by atoms with Crippen molar-refractivity contribution < 1.29 is 19.5 Å². The van der Waals surface area contributed by atoms with Gasteiger partial charge in [0, 0.05) is 19.5 Å². The van der Waals surface area contributed by atoms with Crippen LogP contribution in [0.3, 0.4) is 0 Å². The van der Waals surface area contributed by atoms with E-state index < -0.39 is 17.9 Å². The second-order valence-electron chi connectivity index (χ2n) is 5.23. The fourth-order valence-corrected chi connectivity index (χ4v) is 1.94. The van der Waals surface area contributed by atoms with Gasteiger partial charge in [0.2, 0.25) is 5.91 Å². The summed E-state index contributed by atoms with van der Waals surface area (Å²) in [5, 5.41) is 11.5. The zero-order chi connectivity index (χ0) is 15.1. The highest BCUT2D eigenvalue weighted by atomic mass is 16.4. The SMILES string of the molecule is CCCN(CC1CC1)C(=O)N[C@@H](CCC(N)=O)C(=O)O. The van der Waals surface area contributed by atoms with E-state index in [0.717, 1.165) is 19.3 Å². The molecule has 0 aromatic carbocycles. The normalized spacial score (nSPS) is 15.4. The lowest BCUT2D eigenvalue weighted by Gasteiger charge is -2.24. The molecule has 0 spiro atoms. The van der Waals surface area contributed by atoms with E-state index in [9.17, 15) is 14.4 Å². The van der Waals surface area contributed by atoms with Crippen molar-refractivity contribution in [2.45, 2.75) is 45.1 Å². The smallest absolute Gasteiger partial charge is 0.326 e. The third kappa shape index (κ3) is 5.90. The maximum Gasteiger partial charge on any atom is 0.326 e. The molecular formula is C13H23N3O4. The average molecular weight is 285 g/mol. The molecule has 0 aromatic rings. The average Bonchev–Trinajstić information content (AvgIpc) is 3.17. The van der Waals surface area contributed by atoms with Crippen LogP contribution in [0.15, 0.2) is 0 Å². The zero-order valence-corrected chi connectivity index (χ0v) is 11.8. The number of hydrogen-bond donors (Lipinski definition) is 3. The largest absolute Gasteiger partial charge is 0.480 e. The molecule has 0 heterocycles. The van der Waals surface area contributed by atoms with Crippen LogP contribution in [0.5, 0.6) is 0 Å². The maximum atomic E-state index is 12.1. The Morgan fingerprint density at radius 2 is 2.05 bits per heavy atom. The minimum atomic E-state index is -1.15. The maximum absolute atomic E-state index is 12.1. The molecule has 7 heteroatoms. The summed E-state index contributed by atoms with van der Waals surface area (Å²) in [4.78, 5) is 35.5. The van der Waals surface area contributed by atoms with Crippen LogP contribution in [0.4, 0.5) is 4.79 Å². The topological polar surface area (TPSA) is 113 Å². The minimum Gasteiger partial charge on any atom is -0.480 e. The van der Waals surface area contributed by atoms with E-state index in [1.807, 2.05) is 6.92 Å². The summed E-state index contributed by atoms with van der Waals surface area (Å²) >= 11 is 0. The molecule has 114 valence electrons.